The van der Waals surface area contributed by atoms with E-state index >= 15 is 0 Å². The van der Waals surface area contributed by atoms with Gasteiger partial charge in [0.15, 0.2) is 5.78 Å². The summed E-state index contributed by atoms with van der Waals surface area (Å²) >= 11 is 0. The van der Waals surface area contributed by atoms with Crippen LogP contribution in [0.3, 0.4) is 0 Å². The van der Waals surface area contributed by atoms with Crippen LogP contribution in [0, 0.1) is 0 Å². The number of rotatable bonds is 6. The number of ether oxygens (including phenoxy) is 2. The smallest absolute Gasteiger partial charge is 0.326 e. The summed E-state index contributed by atoms with van der Waals surface area (Å²) in [7, 11) is 1.48. The number of hydrogen-bond acceptors (Lipinski definition) is 6. The first-order valence-electron chi connectivity index (χ1n) is 9.34. The molecule has 0 atom stereocenters. The number of Topliss-reactive ketones (excluding diaryl/α,β-unsaturated/α-hetero) is 1. The highest BCUT2D eigenvalue weighted by molar-refractivity contribution is 6.08. The van der Waals surface area contributed by atoms with Gasteiger partial charge in [-0.25, -0.2) is 4.79 Å². The van der Waals surface area contributed by atoms with Crippen LogP contribution in [0.25, 0.3) is 0 Å². The minimum Gasteiger partial charge on any atom is -0.496 e. The molecule has 1 aliphatic heterocycles. The van der Waals surface area contributed by atoms with Crippen molar-refractivity contribution in [2.75, 3.05) is 13.7 Å². The number of imide groups is 1. The topological polar surface area (TPSA) is 102 Å². The minimum absolute atomic E-state index is 0.118. The van der Waals surface area contributed by atoms with Crippen molar-refractivity contribution in [3.05, 3.63) is 29.3 Å². The van der Waals surface area contributed by atoms with Crippen molar-refractivity contribution in [2.24, 2.45) is 0 Å². The first-order chi connectivity index (χ1) is 13.4. The maximum Gasteiger partial charge on any atom is 0.326 e. The summed E-state index contributed by atoms with van der Waals surface area (Å²) in [5, 5.41) is 2.76. The lowest BCUT2D eigenvalue weighted by atomic mass is 9.82. The lowest BCUT2D eigenvalue weighted by molar-refractivity contribution is -0.149. The van der Waals surface area contributed by atoms with E-state index in [-0.39, 0.29) is 18.3 Å². The van der Waals surface area contributed by atoms with E-state index in [4.69, 9.17) is 9.47 Å². The van der Waals surface area contributed by atoms with Gasteiger partial charge in [0.1, 0.15) is 24.4 Å². The summed E-state index contributed by atoms with van der Waals surface area (Å²) < 4.78 is 10.5. The Kier molecular flexibility index (Phi) is 5.67. The van der Waals surface area contributed by atoms with Crippen molar-refractivity contribution < 1.29 is 28.7 Å². The fourth-order valence-corrected chi connectivity index (χ4v) is 3.76. The fourth-order valence-electron chi connectivity index (χ4n) is 3.76. The number of amides is 3. The monoisotopic (exact) mass is 388 g/mol. The van der Waals surface area contributed by atoms with Crippen LogP contribution in [-0.2, 0) is 20.9 Å². The average Bonchev–Trinajstić information content (AvgIpc) is 2.90. The van der Waals surface area contributed by atoms with Crippen LogP contribution in [0.4, 0.5) is 4.79 Å². The van der Waals surface area contributed by atoms with Crippen LogP contribution < -0.4 is 10.1 Å². The number of carbonyl (C=O) groups excluding carboxylic acids is 4. The molecule has 3 amide bonds. The standard InChI is InChI=1S/C20H24N2O6/c1-13(23)14-6-7-16(27-2)15(10-14)12-28-17(24)11-22-18(25)20(21-19(22)26)8-4-3-5-9-20/h6-7,10H,3-5,8-9,11-12H2,1-2H3,(H,21,26). The van der Waals surface area contributed by atoms with Gasteiger partial charge in [0.05, 0.1) is 7.11 Å². The van der Waals surface area contributed by atoms with Gasteiger partial charge in [-0.05, 0) is 38.0 Å². The summed E-state index contributed by atoms with van der Waals surface area (Å²) in [6.07, 6.45) is 3.97. The van der Waals surface area contributed by atoms with Crippen molar-refractivity contribution >= 4 is 23.7 Å². The van der Waals surface area contributed by atoms with E-state index in [9.17, 15) is 19.2 Å². The molecule has 1 aliphatic carbocycles. The Morgan fingerprint density at radius 1 is 1.18 bits per heavy atom. The van der Waals surface area contributed by atoms with Crippen molar-refractivity contribution in [1.29, 1.82) is 0 Å². The van der Waals surface area contributed by atoms with E-state index in [1.807, 2.05) is 0 Å². The summed E-state index contributed by atoms with van der Waals surface area (Å²) in [5.74, 6) is -0.696. The molecule has 8 heteroatoms. The molecule has 1 spiro atoms. The van der Waals surface area contributed by atoms with Crippen LogP contribution >= 0.6 is 0 Å². The number of nitrogens with one attached hydrogen (secondary N) is 1. The molecule has 150 valence electrons. The highest BCUT2D eigenvalue weighted by atomic mass is 16.5. The van der Waals surface area contributed by atoms with Gasteiger partial charge >= 0.3 is 12.0 Å². The maximum absolute atomic E-state index is 12.7. The van der Waals surface area contributed by atoms with Crippen molar-refractivity contribution in [3.63, 3.8) is 0 Å². The molecular formula is C20H24N2O6. The number of nitrogens with zero attached hydrogens (tertiary/aromatic N) is 1. The molecular weight excluding hydrogens is 364 g/mol. The van der Waals surface area contributed by atoms with E-state index in [0.717, 1.165) is 24.2 Å². The van der Waals surface area contributed by atoms with Gasteiger partial charge < -0.3 is 14.8 Å². The van der Waals surface area contributed by atoms with Gasteiger partial charge in [-0.2, -0.15) is 0 Å². The molecule has 0 unspecified atom stereocenters. The second-order valence-corrected chi connectivity index (χ2v) is 7.21. The van der Waals surface area contributed by atoms with E-state index in [0.29, 0.717) is 29.7 Å². The van der Waals surface area contributed by atoms with Crippen molar-refractivity contribution in [2.45, 2.75) is 51.2 Å². The largest absolute Gasteiger partial charge is 0.496 e. The van der Waals surface area contributed by atoms with E-state index in [1.165, 1.54) is 14.0 Å². The lowest BCUT2D eigenvalue weighted by Crippen LogP contribution is -2.48. The average molecular weight is 388 g/mol. The van der Waals surface area contributed by atoms with Crippen molar-refractivity contribution in [1.82, 2.24) is 10.2 Å². The molecule has 0 aromatic heterocycles. The number of ketones is 1. The highest BCUT2D eigenvalue weighted by Crippen LogP contribution is 2.33. The quantitative estimate of drug-likeness (QED) is 0.455. The molecule has 8 nitrogen and oxygen atoms in total. The zero-order valence-corrected chi connectivity index (χ0v) is 16.1. The molecule has 1 saturated heterocycles. The molecule has 1 aromatic rings. The van der Waals surface area contributed by atoms with Crippen LogP contribution in [0.15, 0.2) is 18.2 Å². The molecule has 1 N–H and O–H groups in total. The van der Waals surface area contributed by atoms with E-state index < -0.39 is 24.1 Å². The Morgan fingerprint density at radius 2 is 1.89 bits per heavy atom. The number of carbonyl (C=O) groups is 4. The minimum atomic E-state index is -0.866. The molecule has 2 aliphatic rings. The van der Waals surface area contributed by atoms with Crippen LogP contribution in [0.5, 0.6) is 5.75 Å². The molecule has 1 saturated carbocycles. The molecule has 1 heterocycles. The molecule has 2 fully saturated rings. The lowest BCUT2D eigenvalue weighted by Gasteiger charge is -2.30. The van der Waals surface area contributed by atoms with Crippen LogP contribution in [0.1, 0.15) is 54.9 Å². The summed E-state index contributed by atoms with van der Waals surface area (Å²) in [6.45, 7) is 0.870. The molecule has 0 bridgehead atoms. The van der Waals surface area contributed by atoms with Gasteiger partial charge in [0.25, 0.3) is 5.91 Å². The zero-order valence-electron chi connectivity index (χ0n) is 16.1. The van der Waals surface area contributed by atoms with Gasteiger partial charge in [-0.15, -0.1) is 0 Å². The Bertz CT molecular complexity index is 813. The Balaban J connectivity index is 1.63. The normalized spacial score (nSPS) is 18.1. The first-order valence-corrected chi connectivity index (χ1v) is 9.34. The first kappa shape index (κ1) is 19.9. The number of esters is 1. The third kappa shape index (κ3) is 3.85. The summed E-state index contributed by atoms with van der Waals surface area (Å²) in [6, 6.07) is 4.30. The number of urea groups is 1. The van der Waals surface area contributed by atoms with E-state index in [2.05, 4.69) is 5.32 Å². The molecule has 3 rings (SSSR count). The Hall–Kier alpha value is -2.90. The predicted octanol–water partition coefficient (Wildman–Crippen LogP) is 2.20. The Labute approximate surface area is 163 Å². The summed E-state index contributed by atoms with van der Waals surface area (Å²) in [5.41, 5.74) is 0.138. The third-order valence-electron chi connectivity index (χ3n) is 5.32. The number of methoxy groups -OCH3 is 1. The van der Waals surface area contributed by atoms with E-state index in [1.54, 1.807) is 18.2 Å². The Morgan fingerprint density at radius 3 is 2.54 bits per heavy atom. The van der Waals surface area contributed by atoms with Crippen LogP contribution in [0.2, 0.25) is 0 Å². The predicted molar refractivity (Wildman–Crippen MR) is 98.9 cm³/mol. The van der Waals surface area contributed by atoms with Gasteiger partial charge in [-0.1, -0.05) is 19.3 Å². The fraction of sp³-hybridized carbons (Fsp3) is 0.500. The van der Waals surface area contributed by atoms with Gasteiger partial charge in [-0.3, -0.25) is 19.3 Å². The summed E-state index contributed by atoms with van der Waals surface area (Å²) in [4.78, 5) is 49.6. The van der Waals surface area contributed by atoms with Crippen molar-refractivity contribution in [3.8, 4) is 5.75 Å². The molecule has 0 radical (unpaired) electrons. The highest BCUT2D eigenvalue weighted by Gasteiger charge is 2.51. The number of benzene rings is 1. The maximum atomic E-state index is 12.7. The zero-order chi connectivity index (χ0) is 20.3. The second-order valence-electron chi connectivity index (χ2n) is 7.21. The SMILES string of the molecule is COc1ccc(C(C)=O)cc1COC(=O)CN1C(=O)NC2(CCCCC2)C1=O. The molecule has 1 aromatic carbocycles. The third-order valence-corrected chi connectivity index (χ3v) is 5.32. The number of hydrogen-bond donors (Lipinski definition) is 1. The van der Waals surface area contributed by atoms with Gasteiger partial charge in [0, 0.05) is 11.1 Å². The second kappa shape index (κ2) is 8.00. The van der Waals surface area contributed by atoms with Gasteiger partial charge in [0.2, 0.25) is 0 Å². The van der Waals surface area contributed by atoms with Crippen LogP contribution in [-0.4, -0.2) is 47.8 Å². The molecule has 28 heavy (non-hydrogen) atoms.